The molecule has 2 fully saturated rings. The summed E-state index contributed by atoms with van der Waals surface area (Å²) in [6.45, 7) is 3.04. The minimum atomic E-state index is -0.0355. The topological polar surface area (TPSA) is 70.2 Å². The number of benzene rings is 1. The molecule has 0 atom stereocenters. The summed E-state index contributed by atoms with van der Waals surface area (Å²) in [4.78, 5) is 41.4. The number of piperazine rings is 1. The molecule has 7 nitrogen and oxygen atoms in total. The Morgan fingerprint density at radius 2 is 1.58 bits per heavy atom. The molecule has 0 unspecified atom stereocenters. The normalized spacial score (nSPS) is 17.7. The summed E-state index contributed by atoms with van der Waals surface area (Å²) in [5.74, 6) is 0.190. The van der Waals surface area contributed by atoms with Gasteiger partial charge in [-0.3, -0.25) is 14.4 Å². The van der Waals surface area contributed by atoms with Crippen LogP contribution in [0.15, 0.2) is 24.3 Å². The smallest absolute Gasteiger partial charge is 0.248 e. The highest BCUT2D eigenvalue weighted by Crippen LogP contribution is 2.22. The molecule has 2 aliphatic heterocycles. The second kappa shape index (κ2) is 8.31. The molecule has 0 saturated carbocycles. The third-order valence-electron chi connectivity index (χ3n) is 4.93. The number of hydrogen-bond acceptors (Lipinski definition) is 4. The van der Waals surface area contributed by atoms with Gasteiger partial charge in [-0.2, -0.15) is 0 Å². The van der Waals surface area contributed by atoms with Crippen LogP contribution in [0, 0.1) is 0 Å². The van der Waals surface area contributed by atoms with Crippen LogP contribution in [-0.4, -0.2) is 74.0 Å². The van der Waals surface area contributed by atoms with Crippen LogP contribution in [0.1, 0.15) is 18.4 Å². The largest absolute Gasteiger partial charge is 0.375 e. The zero-order valence-corrected chi connectivity index (χ0v) is 15.1. The van der Waals surface area contributed by atoms with Crippen molar-refractivity contribution in [1.82, 2.24) is 9.80 Å². The summed E-state index contributed by atoms with van der Waals surface area (Å²) >= 11 is 0. The Kier molecular flexibility index (Phi) is 5.88. The molecular formula is C19H25N3O4. The second-order valence-electron chi connectivity index (χ2n) is 6.69. The lowest BCUT2D eigenvalue weighted by Crippen LogP contribution is -2.51. The molecule has 1 aromatic carbocycles. The van der Waals surface area contributed by atoms with Crippen molar-refractivity contribution in [3.05, 3.63) is 29.8 Å². The van der Waals surface area contributed by atoms with Crippen LogP contribution >= 0.6 is 0 Å². The van der Waals surface area contributed by atoms with Gasteiger partial charge in [0.25, 0.3) is 0 Å². The van der Waals surface area contributed by atoms with Crippen LogP contribution in [-0.2, 0) is 25.5 Å². The molecule has 140 valence electrons. The van der Waals surface area contributed by atoms with Crippen molar-refractivity contribution in [1.29, 1.82) is 0 Å². The highest BCUT2D eigenvalue weighted by atomic mass is 16.5. The van der Waals surface area contributed by atoms with Crippen LogP contribution < -0.4 is 4.90 Å². The number of carbonyl (C=O) groups is 3. The number of hydrogen-bond donors (Lipinski definition) is 0. The molecule has 1 aromatic rings. The van der Waals surface area contributed by atoms with Crippen molar-refractivity contribution < 1.29 is 19.1 Å². The Hall–Kier alpha value is -2.41. The molecule has 0 aliphatic carbocycles. The maximum atomic E-state index is 12.5. The molecule has 0 N–H and O–H groups in total. The van der Waals surface area contributed by atoms with Crippen molar-refractivity contribution >= 4 is 23.4 Å². The zero-order chi connectivity index (χ0) is 18.5. The van der Waals surface area contributed by atoms with E-state index in [0.717, 1.165) is 24.2 Å². The predicted octanol–water partition coefficient (Wildman–Crippen LogP) is 0.673. The van der Waals surface area contributed by atoms with Gasteiger partial charge in [-0.25, -0.2) is 0 Å². The number of anilines is 1. The minimum absolute atomic E-state index is 0.0355. The van der Waals surface area contributed by atoms with E-state index in [4.69, 9.17) is 4.74 Å². The molecule has 2 heterocycles. The fourth-order valence-corrected chi connectivity index (χ4v) is 3.42. The monoisotopic (exact) mass is 359 g/mol. The Morgan fingerprint density at radius 1 is 0.962 bits per heavy atom. The fourth-order valence-electron chi connectivity index (χ4n) is 3.42. The van der Waals surface area contributed by atoms with E-state index in [-0.39, 0.29) is 24.3 Å². The van der Waals surface area contributed by atoms with E-state index in [0.29, 0.717) is 39.0 Å². The van der Waals surface area contributed by atoms with Gasteiger partial charge in [-0.05, 0) is 24.1 Å². The van der Waals surface area contributed by atoms with Crippen molar-refractivity contribution in [2.75, 3.05) is 51.3 Å². The standard InChI is InChI=1S/C19H25N3O4/c1-26-14-19(25)21-11-9-20(10-12-21)18(24)13-15-4-6-16(7-5-15)22-8-2-3-17(22)23/h4-7H,2-3,8-14H2,1H3. The maximum Gasteiger partial charge on any atom is 0.248 e. The van der Waals surface area contributed by atoms with Crippen molar-refractivity contribution in [2.24, 2.45) is 0 Å². The molecule has 3 amide bonds. The summed E-state index contributed by atoms with van der Waals surface area (Å²) in [6, 6.07) is 7.65. The highest BCUT2D eigenvalue weighted by molar-refractivity contribution is 5.95. The Labute approximate surface area is 153 Å². The van der Waals surface area contributed by atoms with Crippen LogP contribution in [0.2, 0.25) is 0 Å². The summed E-state index contributed by atoms with van der Waals surface area (Å²) in [7, 11) is 1.50. The van der Waals surface area contributed by atoms with Gasteiger partial charge in [0.2, 0.25) is 17.7 Å². The van der Waals surface area contributed by atoms with E-state index in [9.17, 15) is 14.4 Å². The van der Waals surface area contributed by atoms with Crippen molar-refractivity contribution in [3.8, 4) is 0 Å². The summed E-state index contributed by atoms with van der Waals surface area (Å²) in [5.41, 5.74) is 1.83. The first-order chi connectivity index (χ1) is 12.6. The summed E-state index contributed by atoms with van der Waals surface area (Å²) < 4.78 is 4.87. The molecular weight excluding hydrogens is 334 g/mol. The van der Waals surface area contributed by atoms with Crippen molar-refractivity contribution in [2.45, 2.75) is 19.3 Å². The molecule has 0 spiro atoms. The average molecular weight is 359 g/mol. The van der Waals surface area contributed by atoms with E-state index < -0.39 is 0 Å². The number of amides is 3. The fraction of sp³-hybridized carbons (Fsp3) is 0.526. The number of methoxy groups -OCH3 is 1. The van der Waals surface area contributed by atoms with Gasteiger partial charge in [0, 0.05) is 51.9 Å². The van der Waals surface area contributed by atoms with Gasteiger partial charge in [0.05, 0.1) is 6.42 Å². The first-order valence-electron chi connectivity index (χ1n) is 9.02. The summed E-state index contributed by atoms with van der Waals surface area (Å²) in [5, 5.41) is 0. The first-order valence-corrected chi connectivity index (χ1v) is 9.02. The van der Waals surface area contributed by atoms with Gasteiger partial charge in [-0.1, -0.05) is 12.1 Å². The van der Waals surface area contributed by atoms with Gasteiger partial charge >= 0.3 is 0 Å². The Morgan fingerprint density at radius 3 is 2.12 bits per heavy atom. The lowest BCUT2D eigenvalue weighted by Gasteiger charge is -2.34. The second-order valence-corrected chi connectivity index (χ2v) is 6.69. The lowest BCUT2D eigenvalue weighted by molar-refractivity contribution is -0.141. The van der Waals surface area contributed by atoms with E-state index in [1.807, 2.05) is 24.3 Å². The average Bonchev–Trinajstić information content (AvgIpc) is 3.08. The van der Waals surface area contributed by atoms with Gasteiger partial charge < -0.3 is 19.4 Å². The van der Waals surface area contributed by atoms with E-state index in [2.05, 4.69) is 0 Å². The van der Waals surface area contributed by atoms with E-state index in [1.165, 1.54) is 7.11 Å². The SMILES string of the molecule is COCC(=O)N1CCN(C(=O)Cc2ccc(N3CCCC3=O)cc2)CC1. The van der Waals surface area contributed by atoms with Gasteiger partial charge in [0.1, 0.15) is 6.61 Å². The molecule has 0 aromatic heterocycles. The quantitative estimate of drug-likeness (QED) is 0.775. The molecule has 2 aliphatic rings. The predicted molar refractivity (Wildman–Crippen MR) is 96.8 cm³/mol. The van der Waals surface area contributed by atoms with E-state index in [1.54, 1.807) is 14.7 Å². The first kappa shape index (κ1) is 18.4. The molecule has 3 rings (SSSR count). The third kappa shape index (κ3) is 4.22. The number of rotatable bonds is 5. The molecule has 2 saturated heterocycles. The summed E-state index contributed by atoms with van der Waals surface area (Å²) in [6.07, 6.45) is 1.84. The van der Waals surface area contributed by atoms with E-state index >= 15 is 0 Å². The molecule has 0 bridgehead atoms. The lowest BCUT2D eigenvalue weighted by atomic mass is 10.1. The van der Waals surface area contributed by atoms with Crippen LogP contribution in [0.25, 0.3) is 0 Å². The van der Waals surface area contributed by atoms with Gasteiger partial charge in [-0.15, -0.1) is 0 Å². The number of ether oxygens (including phenoxy) is 1. The third-order valence-corrected chi connectivity index (χ3v) is 4.93. The molecule has 26 heavy (non-hydrogen) atoms. The Balaban J connectivity index is 1.51. The maximum absolute atomic E-state index is 12.5. The van der Waals surface area contributed by atoms with Crippen molar-refractivity contribution in [3.63, 3.8) is 0 Å². The minimum Gasteiger partial charge on any atom is -0.375 e. The van der Waals surface area contributed by atoms with Crippen LogP contribution in [0.5, 0.6) is 0 Å². The number of carbonyl (C=O) groups excluding carboxylic acids is 3. The zero-order valence-electron chi connectivity index (χ0n) is 15.1. The van der Waals surface area contributed by atoms with Crippen LogP contribution in [0.4, 0.5) is 5.69 Å². The molecule has 7 heteroatoms. The van der Waals surface area contributed by atoms with Gasteiger partial charge in [0.15, 0.2) is 0 Å². The van der Waals surface area contributed by atoms with Crippen LogP contribution in [0.3, 0.4) is 0 Å². The Bertz CT molecular complexity index is 666. The highest BCUT2D eigenvalue weighted by Gasteiger charge is 2.24. The number of nitrogens with zero attached hydrogens (tertiary/aromatic N) is 3. The molecule has 0 radical (unpaired) electrons.